The molecule has 5 nitrogen and oxygen atoms in total. The molecule has 2 heterocycles. The van der Waals surface area contributed by atoms with E-state index in [1.807, 2.05) is 25.1 Å². The largest absolute Gasteiger partial charge is 0.303 e. The third-order valence-electron chi connectivity index (χ3n) is 2.45. The first-order chi connectivity index (χ1) is 7.77. The molecule has 1 N–H and O–H groups in total. The van der Waals surface area contributed by atoms with E-state index in [2.05, 4.69) is 32.2 Å². The van der Waals surface area contributed by atoms with E-state index in [4.69, 9.17) is 0 Å². The molecular weight excluding hydrogens is 204 g/mol. The van der Waals surface area contributed by atoms with Gasteiger partial charge in [-0.05, 0) is 26.0 Å². The Morgan fingerprint density at radius 3 is 2.88 bits per heavy atom. The van der Waals surface area contributed by atoms with Crippen LogP contribution in [0.4, 0.5) is 0 Å². The van der Waals surface area contributed by atoms with Gasteiger partial charge in [-0.25, -0.2) is 4.63 Å². The Kier molecular flexibility index (Phi) is 3.26. The summed E-state index contributed by atoms with van der Waals surface area (Å²) >= 11 is 0. The Labute approximate surface area is 93.9 Å². The van der Waals surface area contributed by atoms with Crippen LogP contribution in [0.5, 0.6) is 0 Å². The minimum atomic E-state index is 0.178. The van der Waals surface area contributed by atoms with Crippen LogP contribution in [0.3, 0.4) is 0 Å². The molecule has 0 spiro atoms. The Bertz CT molecular complexity index is 440. The summed E-state index contributed by atoms with van der Waals surface area (Å²) < 4.78 is 4.63. The highest BCUT2D eigenvalue weighted by Crippen LogP contribution is 2.09. The van der Waals surface area contributed by atoms with E-state index in [1.54, 1.807) is 6.20 Å². The van der Waals surface area contributed by atoms with Gasteiger partial charge >= 0.3 is 0 Å². The average molecular weight is 218 g/mol. The highest BCUT2D eigenvalue weighted by molar-refractivity contribution is 5.09. The lowest BCUT2D eigenvalue weighted by molar-refractivity contribution is 0.300. The van der Waals surface area contributed by atoms with Gasteiger partial charge in [-0.2, -0.15) is 0 Å². The number of nitrogens with one attached hydrogen (secondary N) is 1. The predicted molar refractivity (Wildman–Crippen MR) is 58.5 cm³/mol. The summed E-state index contributed by atoms with van der Waals surface area (Å²) in [6.45, 7) is 4.57. The molecule has 0 aliphatic carbocycles. The number of pyridine rings is 1. The van der Waals surface area contributed by atoms with Gasteiger partial charge in [0, 0.05) is 18.8 Å². The van der Waals surface area contributed by atoms with Gasteiger partial charge in [0.25, 0.3) is 0 Å². The third kappa shape index (κ3) is 2.43. The zero-order valence-electron chi connectivity index (χ0n) is 9.34. The SMILES string of the molecule is Cc1nonc1CN[C@H](C)c1ccccn1. The minimum Gasteiger partial charge on any atom is -0.303 e. The second-order valence-corrected chi connectivity index (χ2v) is 3.65. The Morgan fingerprint density at radius 2 is 2.25 bits per heavy atom. The molecule has 0 saturated heterocycles. The first kappa shape index (κ1) is 10.8. The number of aryl methyl sites for hydroxylation is 1. The zero-order valence-corrected chi connectivity index (χ0v) is 9.34. The molecule has 5 heteroatoms. The highest BCUT2D eigenvalue weighted by atomic mass is 16.6. The van der Waals surface area contributed by atoms with E-state index < -0.39 is 0 Å². The van der Waals surface area contributed by atoms with Gasteiger partial charge in [0.1, 0.15) is 11.4 Å². The number of nitrogens with zero attached hydrogens (tertiary/aromatic N) is 3. The van der Waals surface area contributed by atoms with Crippen LogP contribution in [-0.2, 0) is 6.54 Å². The van der Waals surface area contributed by atoms with Gasteiger partial charge in [-0.1, -0.05) is 16.4 Å². The lowest BCUT2D eigenvalue weighted by Gasteiger charge is -2.11. The van der Waals surface area contributed by atoms with E-state index in [-0.39, 0.29) is 6.04 Å². The van der Waals surface area contributed by atoms with Gasteiger partial charge in [0.05, 0.1) is 5.69 Å². The Morgan fingerprint density at radius 1 is 1.38 bits per heavy atom. The maximum absolute atomic E-state index is 4.63. The lowest BCUT2D eigenvalue weighted by Crippen LogP contribution is -2.19. The molecule has 0 aliphatic heterocycles. The highest BCUT2D eigenvalue weighted by Gasteiger charge is 2.09. The van der Waals surface area contributed by atoms with Gasteiger partial charge in [-0.15, -0.1) is 0 Å². The predicted octanol–water partition coefficient (Wildman–Crippen LogP) is 1.62. The van der Waals surface area contributed by atoms with Crippen LogP contribution in [-0.4, -0.2) is 15.3 Å². The van der Waals surface area contributed by atoms with Crippen molar-refractivity contribution in [3.8, 4) is 0 Å². The molecule has 0 unspecified atom stereocenters. The molecule has 0 saturated carbocycles. The van der Waals surface area contributed by atoms with Crippen LogP contribution in [0, 0.1) is 6.92 Å². The van der Waals surface area contributed by atoms with Crippen LogP contribution in [0.15, 0.2) is 29.0 Å². The van der Waals surface area contributed by atoms with Crippen LogP contribution < -0.4 is 5.32 Å². The van der Waals surface area contributed by atoms with Crippen LogP contribution in [0.25, 0.3) is 0 Å². The number of rotatable bonds is 4. The summed E-state index contributed by atoms with van der Waals surface area (Å²) in [4.78, 5) is 4.28. The van der Waals surface area contributed by atoms with Crippen molar-refractivity contribution in [1.82, 2.24) is 20.6 Å². The Hall–Kier alpha value is -1.75. The molecule has 84 valence electrons. The van der Waals surface area contributed by atoms with E-state index in [1.165, 1.54) is 0 Å². The maximum atomic E-state index is 4.63. The van der Waals surface area contributed by atoms with E-state index in [0.717, 1.165) is 17.1 Å². The maximum Gasteiger partial charge on any atom is 0.121 e. The van der Waals surface area contributed by atoms with Crippen LogP contribution in [0.1, 0.15) is 30.0 Å². The summed E-state index contributed by atoms with van der Waals surface area (Å²) in [6, 6.07) is 6.05. The Balaban J connectivity index is 1.94. The summed E-state index contributed by atoms with van der Waals surface area (Å²) in [5.41, 5.74) is 2.67. The topological polar surface area (TPSA) is 63.8 Å². The molecule has 2 aromatic heterocycles. The second-order valence-electron chi connectivity index (χ2n) is 3.65. The molecule has 2 aromatic rings. The normalized spacial score (nSPS) is 12.6. The summed E-state index contributed by atoms with van der Waals surface area (Å²) in [6.07, 6.45) is 1.79. The number of hydrogen-bond acceptors (Lipinski definition) is 5. The first-order valence-corrected chi connectivity index (χ1v) is 5.19. The molecule has 0 amide bonds. The molecule has 0 aromatic carbocycles. The smallest absolute Gasteiger partial charge is 0.121 e. The minimum absolute atomic E-state index is 0.178. The average Bonchev–Trinajstić information content (AvgIpc) is 2.73. The van der Waals surface area contributed by atoms with E-state index in [9.17, 15) is 0 Å². The number of aromatic nitrogens is 3. The molecule has 0 fully saturated rings. The van der Waals surface area contributed by atoms with Crippen LogP contribution in [0.2, 0.25) is 0 Å². The number of hydrogen-bond donors (Lipinski definition) is 1. The summed E-state index contributed by atoms with van der Waals surface area (Å²) in [7, 11) is 0. The van der Waals surface area contributed by atoms with E-state index >= 15 is 0 Å². The lowest BCUT2D eigenvalue weighted by atomic mass is 10.2. The first-order valence-electron chi connectivity index (χ1n) is 5.19. The quantitative estimate of drug-likeness (QED) is 0.844. The molecule has 0 bridgehead atoms. The summed E-state index contributed by atoms with van der Waals surface area (Å²) in [5, 5.41) is 10.9. The molecule has 0 aliphatic rings. The van der Waals surface area contributed by atoms with Gasteiger partial charge in [0.15, 0.2) is 0 Å². The monoisotopic (exact) mass is 218 g/mol. The molecular formula is C11H14N4O. The van der Waals surface area contributed by atoms with Crippen molar-refractivity contribution >= 4 is 0 Å². The van der Waals surface area contributed by atoms with Gasteiger partial charge in [0.2, 0.25) is 0 Å². The molecule has 2 rings (SSSR count). The summed E-state index contributed by atoms with van der Waals surface area (Å²) in [5.74, 6) is 0. The van der Waals surface area contributed by atoms with Crippen molar-refractivity contribution in [3.05, 3.63) is 41.5 Å². The van der Waals surface area contributed by atoms with Crippen molar-refractivity contribution in [1.29, 1.82) is 0 Å². The fraction of sp³-hybridized carbons (Fsp3) is 0.364. The second kappa shape index (κ2) is 4.85. The fourth-order valence-corrected chi connectivity index (χ4v) is 1.40. The van der Waals surface area contributed by atoms with E-state index in [0.29, 0.717) is 6.54 Å². The molecule has 16 heavy (non-hydrogen) atoms. The van der Waals surface area contributed by atoms with Crippen molar-refractivity contribution in [3.63, 3.8) is 0 Å². The molecule has 1 atom stereocenters. The van der Waals surface area contributed by atoms with Crippen molar-refractivity contribution < 1.29 is 4.63 Å². The zero-order chi connectivity index (χ0) is 11.4. The van der Waals surface area contributed by atoms with Crippen LogP contribution >= 0.6 is 0 Å². The molecule has 0 radical (unpaired) electrons. The third-order valence-corrected chi connectivity index (χ3v) is 2.45. The van der Waals surface area contributed by atoms with Crippen molar-refractivity contribution in [2.45, 2.75) is 26.4 Å². The van der Waals surface area contributed by atoms with Crippen molar-refractivity contribution in [2.24, 2.45) is 0 Å². The van der Waals surface area contributed by atoms with Gasteiger partial charge < -0.3 is 5.32 Å². The van der Waals surface area contributed by atoms with Crippen molar-refractivity contribution in [2.75, 3.05) is 0 Å². The van der Waals surface area contributed by atoms with Gasteiger partial charge in [-0.3, -0.25) is 4.98 Å². The fourth-order valence-electron chi connectivity index (χ4n) is 1.40. The standard InChI is InChI=1S/C11H14N4O/c1-8(10-5-3-4-6-12-10)13-7-11-9(2)14-16-15-11/h3-6,8,13H,7H2,1-2H3/t8-/m1/s1.